The van der Waals surface area contributed by atoms with E-state index >= 15 is 0 Å². The molecule has 0 aromatic heterocycles. The first kappa shape index (κ1) is 17.8. The molecule has 0 radical (unpaired) electrons. The summed E-state index contributed by atoms with van der Waals surface area (Å²) in [6, 6.07) is 6.89. The van der Waals surface area contributed by atoms with Crippen LogP contribution < -0.4 is 15.5 Å². The quantitative estimate of drug-likeness (QED) is 0.814. The predicted octanol–water partition coefficient (Wildman–Crippen LogP) is 2.58. The number of anilines is 1. The molecule has 0 unspecified atom stereocenters. The van der Waals surface area contributed by atoms with Crippen molar-refractivity contribution in [1.82, 2.24) is 10.6 Å². The monoisotopic (exact) mass is 331 g/mol. The van der Waals surface area contributed by atoms with E-state index in [-0.39, 0.29) is 11.9 Å². The number of amides is 2. The molecule has 0 bridgehead atoms. The fraction of sp³-hybridized carbons (Fsp3) is 0.444. The smallest absolute Gasteiger partial charge is 0.338 e. The van der Waals surface area contributed by atoms with E-state index in [4.69, 9.17) is 4.74 Å². The molecule has 6 nitrogen and oxygen atoms in total. The molecule has 0 fully saturated rings. The second-order valence-electron chi connectivity index (χ2n) is 6.55. The van der Waals surface area contributed by atoms with Gasteiger partial charge in [0.2, 0.25) is 0 Å². The summed E-state index contributed by atoms with van der Waals surface area (Å²) in [4.78, 5) is 26.3. The van der Waals surface area contributed by atoms with Crippen LogP contribution in [0.4, 0.5) is 10.5 Å². The van der Waals surface area contributed by atoms with E-state index in [1.807, 2.05) is 57.1 Å². The first-order valence-electron chi connectivity index (χ1n) is 8.02. The van der Waals surface area contributed by atoms with Crippen LogP contribution in [-0.2, 0) is 9.53 Å². The van der Waals surface area contributed by atoms with E-state index in [0.717, 1.165) is 11.3 Å². The molecule has 1 aromatic carbocycles. The predicted molar refractivity (Wildman–Crippen MR) is 93.7 cm³/mol. The Kier molecular flexibility index (Phi) is 5.49. The summed E-state index contributed by atoms with van der Waals surface area (Å²) in [5, 5.41) is 5.46. The highest BCUT2D eigenvalue weighted by Gasteiger charge is 2.32. The molecule has 1 aromatic rings. The molecule has 6 heteroatoms. The number of nitrogens with zero attached hydrogens (tertiary/aromatic N) is 1. The second-order valence-corrected chi connectivity index (χ2v) is 6.55. The standard InChI is InChI=1S/C18H25N3O3/c1-11(2)10-24-17(22)15-12(3)19-18(23)20-16(15)13-6-8-14(9-7-13)21(4)5/h6-9,11,16H,10H2,1-5H3,(H2,19,20,23)/t16-/m0/s1. The van der Waals surface area contributed by atoms with E-state index in [1.165, 1.54) is 0 Å². The molecule has 130 valence electrons. The molecule has 1 aliphatic rings. The summed E-state index contributed by atoms with van der Waals surface area (Å²) in [6.45, 7) is 6.02. The van der Waals surface area contributed by atoms with Crippen molar-refractivity contribution in [1.29, 1.82) is 0 Å². The third kappa shape index (κ3) is 4.07. The van der Waals surface area contributed by atoms with Crippen LogP contribution in [0.1, 0.15) is 32.4 Å². The third-order valence-corrected chi connectivity index (χ3v) is 3.78. The van der Waals surface area contributed by atoms with E-state index in [9.17, 15) is 9.59 Å². The van der Waals surface area contributed by atoms with Gasteiger partial charge in [-0.3, -0.25) is 0 Å². The molecule has 1 heterocycles. The van der Waals surface area contributed by atoms with Gasteiger partial charge in [0.25, 0.3) is 0 Å². The van der Waals surface area contributed by atoms with Crippen molar-refractivity contribution in [2.75, 3.05) is 25.6 Å². The SMILES string of the molecule is CC1=C(C(=O)OCC(C)C)[C@H](c2ccc(N(C)C)cc2)NC(=O)N1. The number of ether oxygens (including phenoxy) is 1. The molecule has 2 amide bonds. The summed E-state index contributed by atoms with van der Waals surface area (Å²) < 4.78 is 5.37. The number of benzene rings is 1. The van der Waals surface area contributed by atoms with Crippen molar-refractivity contribution in [2.24, 2.45) is 5.92 Å². The van der Waals surface area contributed by atoms with Crippen molar-refractivity contribution in [3.63, 3.8) is 0 Å². The zero-order chi connectivity index (χ0) is 17.9. The maximum Gasteiger partial charge on any atom is 0.338 e. The van der Waals surface area contributed by atoms with Crippen LogP contribution in [0.15, 0.2) is 35.5 Å². The molecule has 0 aliphatic carbocycles. The maximum absolute atomic E-state index is 12.5. The zero-order valence-electron chi connectivity index (χ0n) is 14.8. The number of urea groups is 1. The van der Waals surface area contributed by atoms with Crippen molar-refractivity contribution in [3.8, 4) is 0 Å². The molecule has 1 aliphatic heterocycles. The molecule has 2 rings (SSSR count). The molecule has 2 N–H and O–H groups in total. The van der Waals surface area contributed by atoms with Crippen LogP contribution in [0.25, 0.3) is 0 Å². The highest BCUT2D eigenvalue weighted by atomic mass is 16.5. The number of hydrogen-bond acceptors (Lipinski definition) is 4. The minimum atomic E-state index is -0.519. The first-order chi connectivity index (χ1) is 11.3. The zero-order valence-corrected chi connectivity index (χ0v) is 14.8. The second kappa shape index (κ2) is 7.38. The van der Waals surface area contributed by atoms with Gasteiger partial charge in [0, 0.05) is 25.5 Å². The summed E-state index contributed by atoms with van der Waals surface area (Å²) in [6.07, 6.45) is 0. The van der Waals surface area contributed by atoms with Gasteiger partial charge in [-0.05, 0) is 30.5 Å². The Morgan fingerprint density at radius 2 is 1.88 bits per heavy atom. The minimum Gasteiger partial charge on any atom is -0.462 e. The molecule has 1 atom stereocenters. The van der Waals surface area contributed by atoms with Crippen LogP contribution in [0.3, 0.4) is 0 Å². The topological polar surface area (TPSA) is 70.7 Å². The fourth-order valence-corrected chi connectivity index (χ4v) is 2.50. The van der Waals surface area contributed by atoms with Crippen LogP contribution in [-0.4, -0.2) is 32.7 Å². The highest BCUT2D eigenvalue weighted by Crippen LogP contribution is 2.28. The Balaban J connectivity index is 2.32. The van der Waals surface area contributed by atoms with Crippen LogP contribution in [0.5, 0.6) is 0 Å². The average molecular weight is 331 g/mol. The first-order valence-corrected chi connectivity index (χ1v) is 8.02. The number of hydrogen-bond donors (Lipinski definition) is 2. The number of rotatable bonds is 5. The Hall–Kier alpha value is -2.50. The molecule has 0 saturated heterocycles. The summed E-state index contributed by atoms with van der Waals surface area (Å²) >= 11 is 0. The number of nitrogens with one attached hydrogen (secondary N) is 2. The summed E-state index contributed by atoms with van der Waals surface area (Å²) in [5.74, 6) is -0.158. The maximum atomic E-state index is 12.5. The van der Waals surface area contributed by atoms with Gasteiger partial charge in [-0.25, -0.2) is 9.59 Å². The van der Waals surface area contributed by atoms with Crippen LogP contribution in [0, 0.1) is 5.92 Å². The molecular weight excluding hydrogens is 306 g/mol. The highest BCUT2D eigenvalue weighted by molar-refractivity contribution is 5.95. The number of allylic oxidation sites excluding steroid dienone is 1. The summed E-state index contributed by atoms with van der Waals surface area (Å²) in [5.41, 5.74) is 2.84. The molecule has 24 heavy (non-hydrogen) atoms. The minimum absolute atomic E-state index is 0.249. The lowest BCUT2D eigenvalue weighted by atomic mass is 9.95. The van der Waals surface area contributed by atoms with Gasteiger partial charge < -0.3 is 20.3 Å². The van der Waals surface area contributed by atoms with Crippen molar-refractivity contribution in [3.05, 3.63) is 41.1 Å². The van der Waals surface area contributed by atoms with E-state index in [0.29, 0.717) is 17.9 Å². The largest absolute Gasteiger partial charge is 0.462 e. The van der Waals surface area contributed by atoms with Gasteiger partial charge in [0.1, 0.15) is 0 Å². The normalized spacial score (nSPS) is 17.4. The summed E-state index contributed by atoms with van der Waals surface area (Å²) in [7, 11) is 3.92. The lowest BCUT2D eigenvalue weighted by Crippen LogP contribution is -2.45. The van der Waals surface area contributed by atoms with Crippen molar-refractivity contribution < 1.29 is 14.3 Å². The van der Waals surface area contributed by atoms with Gasteiger partial charge in [0.15, 0.2) is 0 Å². The average Bonchev–Trinajstić information content (AvgIpc) is 2.52. The lowest BCUT2D eigenvalue weighted by molar-refractivity contribution is -0.140. The van der Waals surface area contributed by atoms with Gasteiger partial charge in [0.05, 0.1) is 18.2 Å². The Morgan fingerprint density at radius 1 is 1.25 bits per heavy atom. The van der Waals surface area contributed by atoms with E-state index < -0.39 is 12.0 Å². The van der Waals surface area contributed by atoms with Gasteiger partial charge in [-0.2, -0.15) is 0 Å². The number of esters is 1. The van der Waals surface area contributed by atoms with Crippen LogP contribution in [0.2, 0.25) is 0 Å². The lowest BCUT2D eigenvalue weighted by Gasteiger charge is -2.28. The Bertz CT molecular complexity index is 648. The third-order valence-electron chi connectivity index (χ3n) is 3.78. The molecular formula is C18H25N3O3. The van der Waals surface area contributed by atoms with Gasteiger partial charge in [-0.15, -0.1) is 0 Å². The molecule has 0 spiro atoms. The van der Waals surface area contributed by atoms with Gasteiger partial charge >= 0.3 is 12.0 Å². The number of carbonyl (C=O) groups is 2. The Morgan fingerprint density at radius 3 is 2.42 bits per heavy atom. The number of carbonyl (C=O) groups excluding carboxylic acids is 2. The van der Waals surface area contributed by atoms with E-state index in [1.54, 1.807) is 6.92 Å². The van der Waals surface area contributed by atoms with Crippen LogP contribution >= 0.6 is 0 Å². The fourth-order valence-electron chi connectivity index (χ4n) is 2.50. The van der Waals surface area contributed by atoms with Crippen molar-refractivity contribution >= 4 is 17.7 Å². The molecule has 0 saturated carbocycles. The van der Waals surface area contributed by atoms with E-state index in [2.05, 4.69) is 10.6 Å². The Labute approximate surface area is 142 Å². The van der Waals surface area contributed by atoms with Gasteiger partial charge in [-0.1, -0.05) is 26.0 Å². The van der Waals surface area contributed by atoms with Crippen molar-refractivity contribution in [2.45, 2.75) is 26.8 Å².